The number of rotatable bonds is 0. The van der Waals surface area contributed by atoms with Crippen LogP contribution in [0.25, 0.3) is 0 Å². The van der Waals surface area contributed by atoms with Gasteiger partial charge in [0.05, 0.1) is 0 Å². The second kappa shape index (κ2) is 20.8. The summed E-state index contributed by atoms with van der Waals surface area (Å²) in [6.07, 6.45) is 0. The molecule has 0 aliphatic rings. The van der Waals surface area contributed by atoms with Crippen molar-refractivity contribution in [1.82, 2.24) is 0 Å². The first-order chi connectivity index (χ1) is 2.41. The van der Waals surface area contributed by atoms with Crippen molar-refractivity contribution in [3.8, 4) is 0 Å². The predicted octanol–water partition coefficient (Wildman–Crippen LogP) is -0.304. The average Bonchev–Trinajstić information content (AvgIpc) is 1.46. The fraction of sp³-hybridized carbons (Fsp3) is 0. The summed E-state index contributed by atoms with van der Waals surface area (Å²) in [4.78, 5) is 0. The van der Waals surface area contributed by atoms with Crippen LogP contribution >= 0.6 is 0 Å². The predicted molar refractivity (Wildman–Crippen MR) is 19.0 cm³/mol. The standard InChI is InChI=1S/F2GeH.FGeH2/c1-3-2;1-2/h3H;2H2. The van der Waals surface area contributed by atoms with Crippen molar-refractivity contribution in [2.24, 2.45) is 0 Å². The Labute approximate surface area is 44.3 Å². The first-order valence-electron chi connectivity index (χ1n) is 0.704. The van der Waals surface area contributed by atoms with Gasteiger partial charge < -0.3 is 0 Å². The van der Waals surface area contributed by atoms with E-state index in [1.54, 1.807) is 0 Å². The Kier molecular flexibility index (Phi) is 38.7. The molecule has 2 radical (unpaired) electrons. The molecule has 0 bridgehead atoms. The van der Waals surface area contributed by atoms with Gasteiger partial charge >= 0.3 is 43.8 Å². The molecular formula is H3F3Ge2. The third-order valence-electron chi connectivity index (χ3n) is 0. The molecule has 0 unspecified atom stereocenters. The second-order valence-corrected chi connectivity index (χ2v) is 0.429. The van der Waals surface area contributed by atoms with E-state index in [1.165, 1.54) is 0 Å². The van der Waals surface area contributed by atoms with Crippen molar-refractivity contribution in [2.45, 2.75) is 0 Å². The fourth-order valence-electron chi connectivity index (χ4n) is 0. The van der Waals surface area contributed by atoms with E-state index in [9.17, 15) is 10.5 Å². The van der Waals surface area contributed by atoms with Gasteiger partial charge in [0.25, 0.3) is 0 Å². The molecule has 0 aliphatic carbocycles. The number of hydrogen-bond acceptors (Lipinski definition) is 0. The van der Waals surface area contributed by atoms with Crippen molar-refractivity contribution in [2.75, 3.05) is 0 Å². The van der Waals surface area contributed by atoms with Gasteiger partial charge in [-0.3, -0.25) is 0 Å². The molecule has 0 nitrogen and oxygen atoms in total. The van der Waals surface area contributed by atoms with E-state index in [-0.39, 0.29) is 17.0 Å². The van der Waals surface area contributed by atoms with Crippen LogP contribution in [0, 0.1) is 0 Å². The van der Waals surface area contributed by atoms with E-state index in [4.69, 9.17) is 0 Å². The first kappa shape index (κ1) is 9.30. The molecule has 0 saturated carbocycles. The molecule has 0 aromatic rings. The maximum atomic E-state index is 9.78. The van der Waals surface area contributed by atoms with Gasteiger partial charge in [-0.1, -0.05) is 0 Å². The summed E-state index contributed by atoms with van der Waals surface area (Å²) in [7, 11) is 0. The summed E-state index contributed by atoms with van der Waals surface area (Å²) in [5.74, 6) is 0. The first-order valence-corrected chi connectivity index (χ1v) is 3.66. The van der Waals surface area contributed by atoms with Gasteiger partial charge in [0.15, 0.2) is 0 Å². The molecule has 0 amide bonds. The Morgan fingerprint density at radius 3 is 1.20 bits per heavy atom. The Hall–Kier alpha value is 0.876. The minimum atomic E-state index is -2.69. The zero-order chi connectivity index (χ0) is 4.71. The fourth-order valence-corrected chi connectivity index (χ4v) is 0. The quantitative estimate of drug-likeness (QED) is 0.476. The normalized spacial score (nSPS) is 4.80. The number of halogens is 3. The van der Waals surface area contributed by atoms with Crippen molar-refractivity contribution in [3.63, 3.8) is 0 Å². The summed E-state index contributed by atoms with van der Waals surface area (Å²) >= 11 is -2.81. The molecule has 32 valence electrons. The summed E-state index contributed by atoms with van der Waals surface area (Å²) in [6, 6.07) is 0. The van der Waals surface area contributed by atoms with Crippen LogP contribution in [0.1, 0.15) is 0 Å². The Balaban J connectivity index is 0. The maximum absolute atomic E-state index is 9.78. The zero-order valence-electron chi connectivity index (χ0n) is 2.42. The van der Waals surface area contributed by atoms with Crippen molar-refractivity contribution in [3.05, 3.63) is 0 Å². The molecule has 5 heavy (non-hydrogen) atoms. The van der Waals surface area contributed by atoms with Crippen LogP contribution in [0.5, 0.6) is 0 Å². The van der Waals surface area contributed by atoms with Crippen LogP contribution in [0.3, 0.4) is 0 Å². The van der Waals surface area contributed by atoms with Gasteiger partial charge in [-0.15, -0.1) is 0 Å². The summed E-state index contributed by atoms with van der Waals surface area (Å²) in [6.45, 7) is 0. The van der Waals surface area contributed by atoms with Gasteiger partial charge in [0.2, 0.25) is 0 Å². The van der Waals surface area contributed by atoms with E-state index < -0.39 is 16.4 Å². The van der Waals surface area contributed by atoms with Crippen LogP contribution in [0.4, 0.5) is 10.5 Å². The van der Waals surface area contributed by atoms with E-state index in [2.05, 4.69) is 0 Å². The molecule has 0 heterocycles. The second-order valence-electron chi connectivity index (χ2n) is 0.0825. The molecule has 0 aromatic heterocycles. The topological polar surface area (TPSA) is 0 Å². The van der Waals surface area contributed by atoms with Crippen molar-refractivity contribution < 1.29 is 10.5 Å². The molecule has 0 aliphatic heterocycles. The minimum absolute atomic E-state index is 0.125. The molecule has 0 fully saturated rings. The monoisotopic (exact) mass is 208 g/mol. The Bertz CT molecular complexity index is 4.85. The molecule has 0 spiro atoms. The van der Waals surface area contributed by atoms with Crippen LogP contribution in [0.15, 0.2) is 0 Å². The van der Waals surface area contributed by atoms with Crippen molar-refractivity contribution >= 4 is 33.3 Å². The zero-order valence-corrected chi connectivity index (χ0v) is 7.81. The molecule has 0 aromatic carbocycles. The molecule has 0 rings (SSSR count). The SMILES string of the molecule is [F][GeH2].[F][GeH][F]. The number of hydrogen-bond donors (Lipinski definition) is 0. The van der Waals surface area contributed by atoms with Crippen LogP contribution in [0.2, 0.25) is 0 Å². The third kappa shape index (κ3) is 52.6. The third-order valence-corrected chi connectivity index (χ3v) is 0. The van der Waals surface area contributed by atoms with Crippen LogP contribution < -0.4 is 0 Å². The van der Waals surface area contributed by atoms with Gasteiger partial charge in [0.1, 0.15) is 0 Å². The van der Waals surface area contributed by atoms with Gasteiger partial charge in [-0.2, -0.15) is 0 Å². The van der Waals surface area contributed by atoms with Gasteiger partial charge in [-0.25, -0.2) is 0 Å². The molecule has 0 N–H and O–H groups in total. The van der Waals surface area contributed by atoms with Crippen molar-refractivity contribution in [1.29, 1.82) is 0 Å². The van der Waals surface area contributed by atoms with E-state index in [0.717, 1.165) is 0 Å². The molecule has 5 heteroatoms. The molecule has 0 saturated heterocycles. The summed E-state index contributed by atoms with van der Waals surface area (Å²) in [5.41, 5.74) is 0. The molecule has 0 atom stereocenters. The van der Waals surface area contributed by atoms with Gasteiger partial charge in [0, 0.05) is 0 Å². The summed E-state index contributed by atoms with van der Waals surface area (Å²) < 4.78 is 29.2. The average molecular weight is 205 g/mol. The van der Waals surface area contributed by atoms with E-state index >= 15 is 0 Å². The van der Waals surface area contributed by atoms with E-state index in [1.807, 2.05) is 0 Å². The molecular weight excluding hydrogens is 202 g/mol. The Morgan fingerprint density at radius 2 is 1.20 bits per heavy atom. The van der Waals surface area contributed by atoms with Gasteiger partial charge in [-0.05, 0) is 0 Å². The van der Waals surface area contributed by atoms with Crippen LogP contribution in [-0.2, 0) is 0 Å². The van der Waals surface area contributed by atoms with Crippen LogP contribution in [-0.4, -0.2) is 33.3 Å². The summed E-state index contributed by atoms with van der Waals surface area (Å²) in [5, 5.41) is 0. The Morgan fingerprint density at radius 1 is 1.20 bits per heavy atom. The van der Waals surface area contributed by atoms with E-state index in [0.29, 0.717) is 0 Å².